The van der Waals surface area contributed by atoms with E-state index in [9.17, 15) is 0 Å². The predicted molar refractivity (Wildman–Crippen MR) is 67.0 cm³/mol. The summed E-state index contributed by atoms with van der Waals surface area (Å²) in [5.41, 5.74) is 0. The summed E-state index contributed by atoms with van der Waals surface area (Å²) < 4.78 is 6.21. The van der Waals surface area contributed by atoms with Gasteiger partial charge in [0, 0.05) is 32.5 Å². The van der Waals surface area contributed by atoms with Crippen molar-refractivity contribution in [1.29, 1.82) is 0 Å². The normalized spacial score (nSPS) is 17.4. The molecule has 0 atom stereocenters. The number of aromatic nitrogens is 2. The van der Waals surface area contributed by atoms with Crippen molar-refractivity contribution in [3.63, 3.8) is 0 Å². The number of hydrogen-bond acceptors (Lipinski definition) is 4. The molecule has 4 nitrogen and oxygen atoms in total. The Kier molecular flexibility index (Phi) is 4.00. The van der Waals surface area contributed by atoms with Crippen LogP contribution in [0.5, 0.6) is 0 Å². The number of ether oxygens (including phenoxy) is 1. The fourth-order valence-corrected chi connectivity index (χ4v) is 2.43. The summed E-state index contributed by atoms with van der Waals surface area (Å²) in [6, 6.07) is 0.455. The van der Waals surface area contributed by atoms with Crippen LogP contribution in [0, 0.1) is 0 Å². The standard InChI is InChI=1S/C10H13BrClN3O/c1-15(7-2-4-16-5-3-7)9-8(11)6-13-10(12)14-9/h6-7H,2-5H2,1H3. The van der Waals surface area contributed by atoms with Crippen LogP contribution in [0.4, 0.5) is 5.82 Å². The van der Waals surface area contributed by atoms with Gasteiger partial charge in [0.1, 0.15) is 5.82 Å². The van der Waals surface area contributed by atoms with Gasteiger partial charge in [0.2, 0.25) is 5.28 Å². The van der Waals surface area contributed by atoms with Gasteiger partial charge in [-0.25, -0.2) is 4.98 Å². The van der Waals surface area contributed by atoms with Gasteiger partial charge in [0.15, 0.2) is 0 Å². The molecular weight excluding hydrogens is 293 g/mol. The van der Waals surface area contributed by atoms with Crippen molar-refractivity contribution in [2.45, 2.75) is 18.9 Å². The Morgan fingerprint density at radius 3 is 2.88 bits per heavy atom. The topological polar surface area (TPSA) is 38.2 Å². The molecule has 0 amide bonds. The van der Waals surface area contributed by atoms with Crippen LogP contribution in [0.15, 0.2) is 10.7 Å². The first-order chi connectivity index (χ1) is 7.68. The highest BCUT2D eigenvalue weighted by atomic mass is 79.9. The van der Waals surface area contributed by atoms with Crippen molar-refractivity contribution >= 4 is 33.3 Å². The summed E-state index contributed by atoms with van der Waals surface area (Å²) in [7, 11) is 2.03. The summed E-state index contributed by atoms with van der Waals surface area (Å²) in [5, 5.41) is 0.275. The number of hydrogen-bond donors (Lipinski definition) is 0. The minimum atomic E-state index is 0.275. The van der Waals surface area contributed by atoms with Gasteiger partial charge in [0.05, 0.1) is 4.47 Å². The first-order valence-electron chi connectivity index (χ1n) is 5.17. The second-order valence-corrected chi connectivity index (χ2v) is 4.96. The quantitative estimate of drug-likeness (QED) is 0.787. The third-order valence-corrected chi connectivity index (χ3v) is 3.51. The fourth-order valence-electron chi connectivity index (χ4n) is 1.83. The van der Waals surface area contributed by atoms with Gasteiger partial charge in [-0.3, -0.25) is 0 Å². The van der Waals surface area contributed by atoms with Crippen LogP contribution in [-0.2, 0) is 4.74 Å². The molecule has 16 heavy (non-hydrogen) atoms. The smallest absolute Gasteiger partial charge is 0.224 e. The molecule has 1 aromatic rings. The lowest BCUT2D eigenvalue weighted by Crippen LogP contribution is -2.37. The van der Waals surface area contributed by atoms with E-state index in [2.05, 4.69) is 30.8 Å². The monoisotopic (exact) mass is 305 g/mol. The maximum absolute atomic E-state index is 5.81. The zero-order chi connectivity index (χ0) is 11.5. The van der Waals surface area contributed by atoms with E-state index in [1.165, 1.54) is 0 Å². The van der Waals surface area contributed by atoms with Gasteiger partial charge in [-0.05, 0) is 40.4 Å². The Morgan fingerprint density at radius 1 is 1.50 bits per heavy atom. The summed E-state index contributed by atoms with van der Waals surface area (Å²) in [6.45, 7) is 1.62. The van der Waals surface area contributed by atoms with Crippen molar-refractivity contribution < 1.29 is 4.74 Å². The molecule has 0 saturated carbocycles. The van der Waals surface area contributed by atoms with Crippen LogP contribution in [0.1, 0.15) is 12.8 Å². The molecule has 0 unspecified atom stereocenters. The number of nitrogens with zero attached hydrogens (tertiary/aromatic N) is 3. The fraction of sp³-hybridized carbons (Fsp3) is 0.600. The number of anilines is 1. The number of rotatable bonds is 2. The van der Waals surface area contributed by atoms with Gasteiger partial charge >= 0.3 is 0 Å². The van der Waals surface area contributed by atoms with Gasteiger partial charge < -0.3 is 9.64 Å². The first kappa shape index (κ1) is 12.1. The van der Waals surface area contributed by atoms with Crippen molar-refractivity contribution in [1.82, 2.24) is 9.97 Å². The predicted octanol–water partition coefficient (Wildman–Crippen LogP) is 2.51. The molecule has 0 N–H and O–H groups in total. The molecule has 6 heteroatoms. The second-order valence-electron chi connectivity index (χ2n) is 3.77. The van der Waals surface area contributed by atoms with E-state index in [-0.39, 0.29) is 5.28 Å². The Labute approximate surface area is 108 Å². The van der Waals surface area contributed by atoms with Gasteiger partial charge in [0.25, 0.3) is 0 Å². The van der Waals surface area contributed by atoms with E-state index >= 15 is 0 Å². The maximum atomic E-state index is 5.81. The summed E-state index contributed by atoms with van der Waals surface area (Å²) in [6.07, 6.45) is 3.72. The average Bonchev–Trinajstić information content (AvgIpc) is 2.32. The molecule has 2 heterocycles. The minimum Gasteiger partial charge on any atom is -0.381 e. The molecule has 1 saturated heterocycles. The molecule has 0 bridgehead atoms. The van der Waals surface area contributed by atoms with E-state index in [1.807, 2.05) is 7.05 Å². The van der Waals surface area contributed by atoms with E-state index in [0.717, 1.165) is 36.3 Å². The maximum Gasteiger partial charge on any atom is 0.224 e. The van der Waals surface area contributed by atoms with Crippen LogP contribution in [0.25, 0.3) is 0 Å². The average molecular weight is 307 g/mol. The van der Waals surface area contributed by atoms with Crippen LogP contribution in [0.2, 0.25) is 5.28 Å². The minimum absolute atomic E-state index is 0.275. The van der Waals surface area contributed by atoms with Crippen LogP contribution in [0.3, 0.4) is 0 Å². The van der Waals surface area contributed by atoms with Crippen molar-refractivity contribution in [3.8, 4) is 0 Å². The zero-order valence-corrected chi connectivity index (χ0v) is 11.3. The van der Waals surface area contributed by atoms with Crippen LogP contribution >= 0.6 is 27.5 Å². The molecular formula is C10H13BrClN3O. The molecule has 0 aromatic carbocycles. The molecule has 88 valence electrons. The highest BCUT2D eigenvalue weighted by Crippen LogP contribution is 2.27. The van der Waals surface area contributed by atoms with Crippen LogP contribution in [-0.4, -0.2) is 36.3 Å². The molecule has 1 aliphatic rings. The summed E-state index contributed by atoms with van der Waals surface area (Å²) in [5.74, 6) is 0.840. The molecule has 0 radical (unpaired) electrons. The lowest BCUT2D eigenvalue weighted by molar-refractivity contribution is 0.0853. The van der Waals surface area contributed by atoms with Crippen molar-refractivity contribution in [2.24, 2.45) is 0 Å². The van der Waals surface area contributed by atoms with Gasteiger partial charge in [-0.1, -0.05) is 0 Å². The highest BCUT2D eigenvalue weighted by Gasteiger charge is 2.21. The zero-order valence-electron chi connectivity index (χ0n) is 8.99. The Bertz CT molecular complexity index is 371. The Balaban J connectivity index is 2.18. The molecule has 1 fully saturated rings. The SMILES string of the molecule is CN(c1nc(Cl)ncc1Br)C1CCOCC1. The molecule has 1 aliphatic heterocycles. The Morgan fingerprint density at radius 2 is 2.19 bits per heavy atom. The molecule has 0 aliphatic carbocycles. The first-order valence-corrected chi connectivity index (χ1v) is 6.34. The van der Waals surface area contributed by atoms with E-state index < -0.39 is 0 Å². The van der Waals surface area contributed by atoms with E-state index in [0.29, 0.717) is 6.04 Å². The highest BCUT2D eigenvalue weighted by molar-refractivity contribution is 9.10. The van der Waals surface area contributed by atoms with Gasteiger partial charge in [-0.15, -0.1) is 0 Å². The third kappa shape index (κ3) is 2.64. The molecule has 1 aromatic heterocycles. The van der Waals surface area contributed by atoms with Crippen LogP contribution < -0.4 is 4.90 Å². The van der Waals surface area contributed by atoms with E-state index in [4.69, 9.17) is 16.3 Å². The van der Waals surface area contributed by atoms with Crippen molar-refractivity contribution in [2.75, 3.05) is 25.2 Å². The summed E-state index contributed by atoms with van der Waals surface area (Å²) in [4.78, 5) is 10.3. The largest absolute Gasteiger partial charge is 0.381 e. The summed E-state index contributed by atoms with van der Waals surface area (Å²) >= 11 is 9.25. The van der Waals surface area contributed by atoms with Crippen molar-refractivity contribution in [3.05, 3.63) is 16.0 Å². The second kappa shape index (κ2) is 5.29. The van der Waals surface area contributed by atoms with E-state index in [1.54, 1.807) is 6.20 Å². The molecule has 0 spiro atoms. The van der Waals surface area contributed by atoms with Gasteiger partial charge in [-0.2, -0.15) is 4.98 Å². The third-order valence-electron chi connectivity index (χ3n) is 2.77. The lowest BCUT2D eigenvalue weighted by atomic mass is 10.1. The lowest BCUT2D eigenvalue weighted by Gasteiger charge is -2.32. The Hall–Kier alpha value is -0.390. The number of halogens is 2. The molecule has 2 rings (SSSR count).